The highest BCUT2D eigenvalue weighted by molar-refractivity contribution is 5.36. The number of ether oxygens (including phenoxy) is 2. The van der Waals surface area contributed by atoms with Crippen molar-refractivity contribution < 1.29 is 14.6 Å². The van der Waals surface area contributed by atoms with Crippen LogP contribution in [0.25, 0.3) is 0 Å². The number of nitrogens with zero attached hydrogens (tertiary/aromatic N) is 1. The van der Waals surface area contributed by atoms with Crippen molar-refractivity contribution in [2.45, 2.75) is 31.3 Å². The largest absolute Gasteiger partial charge is 0.494 e. The van der Waals surface area contributed by atoms with E-state index in [1.54, 1.807) is 0 Å². The fraction of sp³-hybridized carbons (Fsp3) is 0.379. The van der Waals surface area contributed by atoms with Crippen molar-refractivity contribution in [1.82, 2.24) is 4.90 Å². The Bertz CT molecular complexity index is 955. The van der Waals surface area contributed by atoms with Crippen LogP contribution in [-0.4, -0.2) is 49.5 Å². The van der Waals surface area contributed by atoms with Gasteiger partial charge in [-0.05, 0) is 48.6 Å². The molecule has 0 bridgehead atoms. The summed E-state index contributed by atoms with van der Waals surface area (Å²) >= 11 is 0. The molecule has 0 aliphatic carbocycles. The topological polar surface area (TPSA) is 41.9 Å². The van der Waals surface area contributed by atoms with E-state index < -0.39 is 5.60 Å². The Hall–Kier alpha value is -2.66. The van der Waals surface area contributed by atoms with Gasteiger partial charge in [-0.3, -0.25) is 4.90 Å². The van der Waals surface area contributed by atoms with E-state index in [2.05, 4.69) is 53.4 Å². The number of hydrogen-bond acceptors (Lipinski definition) is 4. The van der Waals surface area contributed by atoms with Gasteiger partial charge < -0.3 is 14.6 Å². The normalized spacial score (nSPS) is 17.3. The van der Waals surface area contributed by atoms with E-state index in [-0.39, 0.29) is 5.92 Å². The fourth-order valence-corrected chi connectivity index (χ4v) is 4.77. The second kappa shape index (κ2) is 11.5. The maximum Gasteiger partial charge on any atom is 0.119 e. The van der Waals surface area contributed by atoms with Crippen LogP contribution in [0.3, 0.4) is 0 Å². The van der Waals surface area contributed by atoms with Gasteiger partial charge in [-0.2, -0.15) is 0 Å². The lowest BCUT2D eigenvalue weighted by Gasteiger charge is -2.41. The molecule has 0 aromatic heterocycles. The molecule has 0 radical (unpaired) electrons. The number of aryl methyl sites for hydroxylation is 1. The zero-order chi connectivity index (χ0) is 22.9. The molecule has 4 nitrogen and oxygen atoms in total. The van der Waals surface area contributed by atoms with E-state index in [9.17, 15) is 5.11 Å². The van der Waals surface area contributed by atoms with E-state index in [0.717, 1.165) is 56.1 Å². The molecule has 4 rings (SSSR count). The van der Waals surface area contributed by atoms with Crippen LogP contribution in [0.1, 0.15) is 36.0 Å². The lowest BCUT2D eigenvalue weighted by Crippen LogP contribution is -2.45. The lowest BCUT2D eigenvalue weighted by atomic mass is 9.73. The molecule has 0 unspecified atom stereocenters. The molecule has 174 valence electrons. The van der Waals surface area contributed by atoms with E-state index in [1.807, 2.05) is 43.3 Å². The second-order valence-electron chi connectivity index (χ2n) is 8.74. The summed E-state index contributed by atoms with van der Waals surface area (Å²) in [5, 5.41) is 12.5. The average molecular weight is 446 g/mol. The first kappa shape index (κ1) is 23.5. The maximum absolute atomic E-state index is 12.5. The highest BCUT2D eigenvalue weighted by Crippen LogP contribution is 2.42. The molecule has 3 aromatic rings. The van der Waals surface area contributed by atoms with Crippen LogP contribution in [-0.2, 0) is 16.8 Å². The summed E-state index contributed by atoms with van der Waals surface area (Å²) in [6.07, 6.45) is 1.44. The Morgan fingerprint density at radius 1 is 0.909 bits per heavy atom. The first-order valence-electron chi connectivity index (χ1n) is 12.0. The summed E-state index contributed by atoms with van der Waals surface area (Å²) < 4.78 is 11.2. The predicted octanol–water partition coefficient (Wildman–Crippen LogP) is 5.02. The number of aliphatic hydroxyl groups is 1. The molecule has 1 aliphatic rings. The van der Waals surface area contributed by atoms with E-state index in [4.69, 9.17) is 9.47 Å². The first-order chi connectivity index (χ1) is 16.2. The molecule has 3 aromatic carbocycles. The summed E-state index contributed by atoms with van der Waals surface area (Å²) in [6.45, 7) is 6.66. The smallest absolute Gasteiger partial charge is 0.119 e. The predicted molar refractivity (Wildman–Crippen MR) is 133 cm³/mol. The van der Waals surface area contributed by atoms with E-state index in [0.29, 0.717) is 13.0 Å². The number of benzene rings is 3. The molecule has 0 spiro atoms. The third-order valence-corrected chi connectivity index (χ3v) is 6.63. The molecular formula is C29H35NO3. The first-order valence-corrected chi connectivity index (χ1v) is 12.0. The molecule has 1 aliphatic heterocycles. The molecule has 1 heterocycles. The summed E-state index contributed by atoms with van der Waals surface area (Å²) in [6, 6.07) is 28.9. The Balaban J connectivity index is 1.71. The average Bonchev–Trinajstić information content (AvgIpc) is 2.88. The summed E-state index contributed by atoms with van der Waals surface area (Å²) in [5.74, 6) is 0.759. The van der Waals surface area contributed by atoms with Crippen LogP contribution in [0.4, 0.5) is 0 Å². The monoisotopic (exact) mass is 445 g/mol. The maximum atomic E-state index is 12.5. The van der Waals surface area contributed by atoms with Crippen LogP contribution in [0.2, 0.25) is 0 Å². The third kappa shape index (κ3) is 6.02. The summed E-state index contributed by atoms with van der Waals surface area (Å²) in [4.78, 5) is 2.42. The Morgan fingerprint density at radius 3 is 2.18 bits per heavy atom. The van der Waals surface area contributed by atoms with Gasteiger partial charge in [0.2, 0.25) is 0 Å². The van der Waals surface area contributed by atoms with E-state index in [1.165, 1.54) is 5.56 Å². The van der Waals surface area contributed by atoms with Gasteiger partial charge in [0.1, 0.15) is 5.75 Å². The molecule has 1 fully saturated rings. The van der Waals surface area contributed by atoms with Crippen LogP contribution < -0.4 is 4.74 Å². The number of rotatable bonds is 10. The van der Waals surface area contributed by atoms with Gasteiger partial charge in [0.15, 0.2) is 0 Å². The lowest BCUT2D eigenvalue weighted by molar-refractivity contribution is -0.0279. The fourth-order valence-electron chi connectivity index (χ4n) is 4.77. The Kier molecular flexibility index (Phi) is 8.16. The second-order valence-corrected chi connectivity index (χ2v) is 8.74. The molecule has 0 saturated carbocycles. The van der Waals surface area contributed by atoms with Crippen LogP contribution >= 0.6 is 0 Å². The van der Waals surface area contributed by atoms with Gasteiger partial charge in [-0.15, -0.1) is 0 Å². The minimum atomic E-state index is -1.03. The summed E-state index contributed by atoms with van der Waals surface area (Å²) in [7, 11) is 0. The molecule has 1 saturated heterocycles. The van der Waals surface area contributed by atoms with Gasteiger partial charge in [-0.25, -0.2) is 0 Å². The highest BCUT2D eigenvalue weighted by Gasteiger charge is 2.40. The van der Waals surface area contributed by atoms with E-state index >= 15 is 0 Å². The molecule has 33 heavy (non-hydrogen) atoms. The van der Waals surface area contributed by atoms with Crippen molar-refractivity contribution >= 4 is 0 Å². The summed E-state index contributed by atoms with van der Waals surface area (Å²) in [5.41, 5.74) is 2.30. The van der Waals surface area contributed by atoms with Gasteiger partial charge in [0.25, 0.3) is 0 Å². The standard InChI is InChI=1S/C29H35NO3/c1-2-33-27-15-13-26(14-16-27)29(31,18-17-24-9-5-3-6-10-24)28(25-11-7-4-8-12-25)23-30-19-21-32-22-20-30/h3-16,28,31H,2,17-23H2,1H3/t28-,29-/m0/s1. The number of hydrogen-bond donors (Lipinski definition) is 1. The Labute approximate surface area is 197 Å². The van der Waals surface area contributed by atoms with Crippen molar-refractivity contribution in [3.05, 3.63) is 102 Å². The molecule has 1 N–H and O–H groups in total. The minimum Gasteiger partial charge on any atom is -0.494 e. The number of morpholine rings is 1. The van der Waals surface area contributed by atoms with Crippen molar-refractivity contribution in [1.29, 1.82) is 0 Å². The van der Waals surface area contributed by atoms with Crippen molar-refractivity contribution in [2.24, 2.45) is 0 Å². The van der Waals surface area contributed by atoms with Crippen molar-refractivity contribution in [3.8, 4) is 5.75 Å². The van der Waals surface area contributed by atoms with Crippen LogP contribution in [0, 0.1) is 0 Å². The Morgan fingerprint density at radius 2 is 1.55 bits per heavy atom. The van der Waals surface area contributed by atoms with Gasteiger partial charge in [0, 0.05) is 25.6 Å². The quantitative estimate of drug-likeness (QED) is 0.476. The van der Waals surface area contributed by atoms with Crippen LogP contribution in [0.5, 0.6) is 5.75 Å². The van der Waals surface area contributed by atoms with Gasteiger partial charge >= 0.3 is 0 Å². The van der Waals surface area contributed by atoms with Crippen LogP contribution in [0.15, 0.2) is 84.9 Å². The third-order valence-electron chi connectivity index (χ3n) is 6.63. The van der Waals surface area contributed by atoms with Crippen molar-refractivity contribution in [2.75, 3.05) is 39.5 Å². The molecule has 4 heteroatoms. The van der Waals surface area contributed by atoms with Gasteiger partial charge in [-0.1, -0.05) is 72.8 Å². The van der Waals surface area contributed by atoms with Gasteiger partial charge in [0.05, 0.1) is 25.4 Å². The minimum absolute atomic E-state index is 0.0709. The molecule has 2 atom stereocenters. The zero-order valence-corrected chi connectivity index (χ0v) is 19.5. The molecular weight excluding hydrogens is 410 g/mol. The highest BCUT2D eigenvalue weighted by atomic mass is 16.5. The zero-order valence-electron chi connectivity index (χ0n) is 19.5. The molecule has 0 amide bonds. The SMILES string of the molecule is CCOc1ccc([C@@](O)(CCc2ccccc2)[C@@H](CN2CCOCC2)c2ccccc2)cc1. The van der Waals surface area contributed by atoms with Crippen molar-refractivity contribution in [3.63, 3.8) is 0 Å².